The van der Waals surface area contributed by atoms with Gasteiger partial charge in [0, 0.05) is 25.4 Å². The molecule has 1 aromatic heterocycles. The molecule has 0 bridgehead atoms. The predicted molar refractivity (Wildman–Crippen MR) is 119 cm³/mol. The first-order valence-electron chi connectivity index (χ1n) is 11.1. The highest BCUT2D eigenvalue weighted by Crippen LogP contribution is 2.43. The SMILES string of the molecule is CCCN(Cc1ccc(Oc2ccccc2)cc1)C(=O)C1CC(C(=O)O)C1Cc1nnn[nH]1. The Bertz CT molecular complexity index is 1060. The summed E-state index contributed by atoms with van der Waals surface area (Å²) in [5.41, 5.74) is 0.988. The van der Waals surface area contributed by atoms with E-state index >= 15 is 0 Å². The molecule has 3 aromatic rings. The fraction of sp³-hybridized carbons (Fsp3) is 0.375. The first-order chi connectivity index (χ1) is 16.0. The van der Waals surface area contributed by atoms with Crippen molar-refractivity contribution in [3.8, 4) is 11.5 Å². The lowest BCUT2D eigenvalue weighted by Crippen LogP contribution is -2.51. The third-order valence-electron chi connectivity index (χ3n) is 6.08. The highest BCUT2D eigenvalue weighted by atomic mass is 16.5. The Morgan fingerprint density at radius 1 is 1.09 bits per heavy atom. The van der Waals surface area contributed by atoms with Crippen molar-refractivity contribution in [2.45, 2.75) is 32.7 Å². The van der Waals surface area contributed by atoms with Gasteiger partial charge in [-0.3, -0.25) is 9.59 Å². The van der Waals surface area contributed by atoms with Crippen LogP contribution >= 0.6 is 0 Å². The van der Waals surface area contributed by atoms with Crippen LogP contribution in [0.5, 0.6) is 11.5 Å². The lowest BCUT2D eigenvalue weighted by Gasteiger charge is -2.43. The van der Waals surface area contributed by atoms with Crippen molar-refractivity contribution in [2.24, 2.45) is 17.8 Å². The minimum atomic E-state index is -0.882. The number of carboxylic acids is 1. The second-order valence-corrected chi connectivity index (χ2v) is 8.32. The smallest absolute Gasteiger partial charge is 0.306 e. The zero-order valence-electron chi connectivity index (χ0n) is 18.4. The summed E-state index contributed by atoms with van der Waals surface area (Å²) < 4.78 is 5.84. The number of nitrogens with zero attached hydrogens (tertiary/aromatic N) is 4. The third kappa shape index (κ3) is 5.36. The summed E-state index contributed by atoms with van der Waals surface area (Å²) >= 11 is 0. The van der Waals surface area contributed by atoms with Crippen molar-refractivity contribution in [1.29, 1.82) is 0 Å². The van der Waals surface area contributed by atoms with E-state index in [0.29, 0.717) is 31.8 Å². The zero-order valence-corrected chi connectivity index (χ0v) is 18.4. The fourth-order valence-electron chi connectivity index (χ4n) is 4.33. The van der Waals surface area contributed by atoms with E-state index in [1.807, 2.05) is 66.4 Å². The van der Waals surface area contributed by atoms with Gasteiger partial charge in [0.15, 0.2) is 0 Å². The van der Waals surface area contributed by atoms with Gasteiger partial charge in [0.2, 0.25) is 5.91 Å². The molecular weight excluding hydrogens is 422 g/mol. The van der Waals surface area contributed by atoms with Crippen molar-refractivity contribution in [3.05, 3.63) is 66.0 Å². The van der Waals surface area contributed by atoms with Crippen LogP contribution in [0.3, 0.4) is 0 Å². The van der Waals surface area contributed by atoms with Gasteiger partial charge in [0.25, 0.3) is 0 Å². The number of amides is 1. The fourth-order valence-corrected chi connectivity index (χ4v) is 4.33. The summed E-state index contributed by atoms with van der Waals surface area (Å²) in [6.45, 7) is 3.09. The molecule has 1 aliphatic carbocycles. The highest BCUT2D eigenvalue weighted by molar-refractivity contribution is 5.83. The van der Waals surface area contributed by atoms with Crippen LogP contribution in [0.15, 0.2) is 54.6 Å². The van der Waals surface area contributed by atoms with Gasteiger partial charge < -0.3 is 14.7 Å². The minimum Gasteiger partial charge on any atom is -0.481 e. The van der Waals surface area contributed by atoms with Crippen molar-refractivity contribution in [1.82, 2.24) is 25.5 Å². The van der Waals surface area contributed by atoms with E-state index in [9.17, 15) is 14.7 Å². The number of carboxylic acid groups (broad SMARTS) is 1. The van der Waals surface area contributed by atoms with Crippen LogP contribution in [-0.4, -0.2) is 49.1 Å². The normalized spacial score (nSPS) is 19.5. The molecule has 33 heavy (non-hydrogen) atoms. The molecule has 0 aliphatic heterocycles. The molecule has 4 rings (SSSR count). The van der Waals surface area contributed by atoms with Crippen molar-refractivity contribution < 1.29 is 19.4 Å². The van der Waals surface area contributed by atoms with Crippen LogP contribution in [0, 0.1) is 17.8 Å². The number of carbonyl (C=O) groups excluding carboxylic acids is 1. The number of H-pyrrole nitrogens is 1. The second-order valence-electron chi connectivity index (χ2n) is 8.32. The van der Waals surface area contributed by atoms with Crippen LogP contribution in [-0.2, 0) is 22.6 Å². The Morgan fingerprint density at radius 3 is 2.45 bits per heavy atom. The molecule has 0 spiro atoms. The average Bonchev–Trinajstić information content (AvgIpc) is 3.32. The lowest BCUT2D eigenvalue weighted by atomic mass is 9.62. The van der Waals surface area contributed by atoms with E-state index in [1.54, 1.807) is 0 Å². The number of para-hydroxylation sites is 1. The monoisotopic (exact) mass is 449 g/mol. The minimum absolute atomic E-state index is 0.0172. The molecule has 2 aromatic carbocycles. The molecule has 1 amide bonds. The van der Waals surface area contributed by atoms with E-state index in [0.717, 1.165) is 23.5 Å². The van der Waals surface area contributed by atoms with Gasteiger partial charge >= 0.3 is 5.97 Å². The van der Waals surface area contributed by atoms with Gasteiger partial charge in [0.1, 0.15) is 17.3 Å². The van der Waals surface area contributed by atoms with Gasteiger partial charge in [-0.2, -0.15) is 0 Å². The Labute approximate surface area is 191 Å². The molecule has 1 fully saturated rings. The van der Waals surface area contributed by atoms with E-state index in [1.165, 1.54) is 0 Å². The quantitative estimate of drug-likeness (QED) is 0.487. The first-order valence-corrected chi connectivity index (χ1v) is 11.1. The number of aromatic nitrogens is 4. The number of aliphatic carboxylic acids is 1. The second kappa shape index (κ2) is 10.2. The average molecular weight is 450 g/mol. The maximum absolute atomic E-state index is 13.4. The van der Waals surface area contributed by atoms with E-state index in [4.69, 9.17) is 4.74 Å². The molecule has 3 atom stereocenters. The number of aromatic amines is 1. The highest BCUT2D eigenvalue weighted by Gasteiger charge is 2.50. The molecule has 1 saturated carbocycles. The van der Waals surface area contributed by atoms with E-state index in [-0.39, 0.29) is 17.7 Å². The number of benzene rings is 2. The van der Waals surface area contributed by atoms with E-state index in [2.05, 4.69) is 20.6 Å². The number of carbonyl (C=O) groups is 2. The molecule has 0 radical (unpaired) electrons. The summed E-state index contributed by atoms with van der Waals surface area (Å²) in [7, 11) is 0. The zero-order chi connectivity index (χ0) is 23.2. The number of hydrogen-bond acceptors (Lipinski definition) is 6. The lowest BCUT2D eigenvalue weighted by molar-refractivity contribution is -0.158. The van der Waals surface area contributed by atoms with Crippen LogP contribution in [0.25, 0.3) is 0 Å². The van der Waals surface area contributed by atoms with Gasteiger partial charge in [-0.25, -0.2) is 5.10 Å². The summed E-state index contributed by atoms with van der Waals surface area (Å²) in [5.74, 6) is -0.165. The standard InChI is InChI=1S/C24H27N5O4/c1-2-12-29(15-16-8-10-18(11-9-16)33-17-6-4-3-5-7-17)23(30)20-13-21(24(31)32)19(20)14-22-25-27-28-26-22/h3-11,19-21H,2,12-15H2,1H3,(H,31,32)(H,25,26,27,28). The summed E-state index contributed by atoms with van der Waals surface area (Å²) in [6.07, 6.45) is 1.49. The predicted octanol–water partition coefficient (Wildman–Crippen LogP) is 3.31. The molecule has 9 nitrogen and oxygen atoms in total. The number of tetrazole rings is 1. The Morgan fingerprint density at radius 2 is 1.82 bits per heavy atom. The van der Waals surface area contributed by atoms with Crippen molar-refractivity contribution in [3.63, 3.8) is 0 Å². The van der Waals surface area contributed by atoms with E-state index < -0.39 is 11.9 Å². The van der Waals surface area contributed by atoms with Gasteiger partial charge in [-0.05, 0) is 59.0 Å². The number of hydrogen-bond donors (Lipinski definition) is 2. The maximum Gasteiger partial charge on any atom is 0.306 e. The first kappa shape index (κ1) is 22.4. The maximum atomic E-state index is 13.4. The number of ether oxygens (including phenoxy) is 1. The Kier molecular flexibility index (Phi) is 6.97. The third-order valence-corrected chi connectivity index (χ3v) is 6.08. The summed E-state index contributed by atoms with van der Waals surface area (Å²) in [4.78, 5) is 26.8. The van der Waals surface area contributed by atoms with Crippen LogP contribution in [0.2, 0.25) is 0 Å². The largest absolute Gasteiger partial charge is 0.481 e. The van der Waals surface area contributed by atoms with Crippen LogP contribution in [0.4, 0.5) is 0 Å². The molecule has 1 aliphatic rings. The van der Waals surface area contributed by atoms with Crippen molar-refractivity contribution in [2.75, 3.05) is 6.54 Å². The molecule has 0 saturated heterocycles. The van der Waals surface area contributed by atoms with Crippen LogP contribution < -0.4 is 4.74 Å². The van der Waals surface area contributed by atoms with Gasteiger partial charge in [-0.1, -0.05) is 37.3 Å². The van der Waals surface area contributed by atoms with Crippen molar-refractivity contribution >= 4 is 11.9 Å². The number of nitrogens with one attached hydrogen (secondary N) is 1. The molecule has 172 valence electrons. The summed E-state index contributed by atoms with van der Waals surface area (Å²) in [5, 5.41) is 23.2. The summed E-state index contributed by atoms with van der Waals surface area (Å²) in [6, 6.07) is 17.2. The molecule has 2 N–H and O–H groups in total. The molecule has 1 heterocycles. The Hall–Kier alpha value is -3.75. The van der Waals surface area contributed by atoms with Crippen LogP contribution in [0.1, 0.15) is 31.2 Å². The topological polar surface area (TPSA) is 121 Å². The van der Waals surface area contributed by atoms with Gasteiger partial charge in [0.05, 0.1) is 5.92 Å². The number of rotatable bonds is 10. The molecule has 3 unspecified atom stereocenters. The van der Waals surface area contributed by atoms with Gasteiger partial charge in [-0.15, -0.1) is 5.10 Å². The molecular formula is C24H27N5O4. The Balaban J connectivity index is 1.43. The molecule has 9 heteroatoms.